The Hall–Kier alpha value is -2.71. The maximum Gasteiger partial charge on any atom is 0.219 e. The molecule has 4 heterocycles. The fourth-order valence-corrected chi connectivity index (χ4v) is 5.58. The summed E-state index contributed by atoms with van der Waals surface area (Å²) in [5.41, 5.74) is 8.59. The quantitative estimate of drug-likeness (QED) is 0.431. The number of aryl methyl sites for hydroxylation is 1. The Bertz CT molecular complexity index is 1290. The zero-order chi connectivity index (χ0) is 22.2. The number of imidazole rings is 1. The molecule has 7 nitrogen and oxygen atoms in total. The van der Waals surface area contributed by atoms with Crippen LogP contribution in [0.4, 0.5) is 5.82 Å². The third-order valence-electron chi connectivity index (χ3n) is 6.19. The van der Waals surface area contributed by atoms with Crippen LogP contribution >= 0.6 is 23.4 Å². The number of carbonyl (C=O) groups excluding carboxylic acids is 1. The van der Waals surface area contributed by atoms with Crippen LogP contribution in [0, 0.1) is 5.92 Å². The Labute approximate surface area is 194 Å². The van der Waals surface area contributed by atoms with Crippen molar-refractivity contribution in [3.63, 3.8) is 0 Å². The molecule has 32 heavy (non-hydrogen) atoms. The first-order chi connectivity index (χ1) is 15.5. The van der Waals surface area contributed by atoms with Gasteiger partial charge in [0.05, 0.1) is 16.8 Å². The van der Waals surface area contributed by atoms with Crippen molar-refractivity contribution in [1.29, 1.82) is 0 Å². The minimum Gasteiger partial charge on any atom is -0.464 e. The lowest BCUT2D eigenvalue weighted by molar-refractivity contribution is -0.130. The molecule has 2 N–H and O–H groups in total. The largest absolute Gasteiger partial charge is 0.464 e. The van der Waals surface area contributed by atoms with E-state index in [0.29, 0.717) is 22.3 Å². The molecule has 0 unspecified atom stereocenters. The number of amides is 1. The number of piperidine rings is 1. The summed E-state index contributed by atoms with van der Waals surface area (Å²) in [6, 6.07) is 7.71. The van der Waals surface area contributed by atoms with Gasteiger partial charge in [0.15, 0.2) is 11.0 Å². The summed E-state index contributed by atoms with van der Waals surface area (Å²) in [6.45, 7) is 4.13. The number of halogens is 1. The highest BCUT2D eigenvalue weighted by Gasteiger charge is 2.22. The number of anilines is 1. The van der Waals surface area contributed by atoms with Crippen LogP contribution in [0.1, 0.15) is 26.2 Å². The van der Waals surface area contributed by atoms with Crippen molar-refractivity contribution < 1.29 is 9.21 Å². The normalized spacial score (nSPS) is 15.1. The van der Waals surface area contributed by atoms with Crippen LogP contribution < -0.4 is 5.73 Å². The van der Waals surface area contributed by atoms with Gasteiger partial charge in [0, 0.05) is 43.0 Å². The summed E-state index contributed by atoms with van der Waals surface area (Å²) in [7, 11) is 0. The first-order valence-corrected chi connectivity index (χ1v) is 11.9. The van der Waals surface area contributed by atoms with Crippen molar-refractivity contribution in [3.8, 4) is 0 Å². The fraction of sp³-hybridized carbons (Fsp3) is 0.348. The van der Waals surface area contributed by atoms with Crippen LogP contribution in [0.3, 0.4) is 0 Å². The SMILES string of the molecule is CC(=O)N1CCC(CCn2c(Sc3cc4occc4cc3Cl)nc3c(N)nccc32)CC1. The van der Waals surface area contributed by atoms with Gasteiger partial charge < -0.3 is 19.6 Å². The Morgan fingerprint density at radius 2 is 2.12 bits per heavy atom. The van der Waals surface area contributed by atoms with Crippen molar-refractivity contribution in [1.82, 2.24) is 19.4 Å². The van der Waals surface area contributed by atoms with Gasteiger partial charge >= 0.3 is 0 Å². The third-order valence-corrected chi connectivity index (χ3v) is 7.67. The summed E-state index contributed by atoms with van der Waals surface area (Å²) in [5, 5.41) is 2.46. The van der Waals surface area contributed by atoms with Crippen molar-refractivity contribution in [2.45, 2.75) is 42.8 Å². The topological polar surface area (TPSA) is 90.2 Å². The van der Waals surface area contributed by atoms with Crippen LogP contribution in [-0.2, 0) is 11.3 Å². The Morgan fingerprint density at radius 1 is 1.31 bits per heavy atom. The molecule has 0 atom stereocenters. The number of aromatic nitrogens is 3. The van der Waals surface area contributed by atoms with Crippen molar-refractivity contribution in [2.75, 3.05) is 18.8 Å². The van der Waals surface area contributed by atoms with Crippen LogP contribution in [0.15, 0.2) is 51.2 Å². The lowest BCUT2D eigenvalue weighted by Crippen LogP contribution is -2.37. The summed E-state index contributed by atoms with van der Waals surface area (Å²) in [4.78, 5) is 23.5. The molecule has 1 fully saturated rings. The second-order valence-corrected chi connectivity index (χ2v) is 9.61. The molecule has 0 spiro atoms. The number of carbonyl (C=O) groups is 1. The van der Waals surface area contributed by atoms with Crippen LogP contribution in [-0.4, -0.2) is 38.4 Å². The van der Waals surface area contributed by atoms with Gasteiger partial charge in [-0.05, 0) is 61.2 Å². The van der Waals surface area contributed by atoms with E-state index in [0.717, 1.165) is 65.4 Å². The Balaban J connectivity index is 1.42. The van der Waals surface area contributed by atoms with E-state index in [2.05, 4.69) is 9.55 Å². The minimum atomic E-state index is 0.163. The molecule has 0 aliphatic carbocycles. The predicted molar refractivity (Wildman–Crippen MR) is 127 cm³/mol. The average Bonchev–Trinajstić information content (AvgIpc) is 3.37. The molecule has 1 amide bonds. The summed E-state index contributed by atoms with van der Waals surface area (Å²) in [5.74, 6) is 1.16. The lowest BCUT2D eigenvalue weighted by atomic mass is 9.93. The molecule has 0 saturated carbocycles. The minimum absolute atomic E-state index is 0.163. The van der Waals surface area contributed by atoms with E-state index in [9.17, 15) is 4.79 Å². The van der Waals surface area contributed by atoms with Crippen molar-refractivity contribution in [2.24, 2.45) is 5.92 Å². The molecule has 166 valence electrons. The molecule has 5 rings (SSSR count). The highest BCUT2D eigenvalue weighted by atomic mass is 35.5. The van der Waals surface area contributed by atoms with E-state index in [4.69, 9.17) is 26.7 Å². The number of likely N-dealkylation sites (tertiary alicyclic amines) is 1. The van der Waals surface area contributed by atoms with Gasteiger partial charge in [-0.15, -0.1) is 0 Å². The predicted octanol–water partition coefficient (Wildman–Crippen LogP) is 5.21. The number of benzene rings is 1. The van der Waals surface area contributed by atoms with Crippen molar-refractivity contribution in [3.05, 3.63) is 41.7 Å². The van der Waals surface area contributed by atoms with Gasteiger partial charge in [0.25, 0.3) is 0 Å². The van der Waals surface area contributed by atoms with Gasteiger partial charge in [-0.3, -0.25) is 4.79 Å². The van der Waals surface area contributed by atoms with Gasteiger partial charge in [0.1, 0.15) is 11.1 Å². The van der Waals surface area contributed by atoms with Crippen LogP contribution in [0.5, 0.6) is 0 Å². The number of furan rings is 1. The van der Waals surface area contributed by atoms with Crippen LogP contribution in [0.2, 0.25) is 5.02 Å². The van der Waals surface area contributed by atoms with E-state index in [1.165, 1.54) is 11.8 Å². The molecule has 0 radical (unpaired) electrons. The standard InChI is InChI=1S/C23H24ClN5O2S/c1-14(30)28-8-3-15(4-9-28)5-10-29-18-2-7-26-22(25)21(18)27-23(29)32-20-13-19-16(6-11-31-19)12-17(20)24/h2,6-7,11-13,15H,3-5,8-10H2,1H3,(H2,25,26). The summed E-state index contributed by atoms with van der Waals surface area (Å²) >= 11 is 8.07. The van der Waals surface area contributed by atoms with E-state index < -0.39 is 0 Å². The highest BCUT2D eigenvalue weighted by Crippen LogP contribution is 2.38. The van der Waals surface area contributed by atoms with E-state index in [1.807, 2.05) is 29.2 Å². The molecule has 1 aliphatic heterocycles. The molecule has 4 aromatic rings. The number of hydrogen-bond donors (Lipinski definition) is 1. The number of nitrogen functional groups attached to an aromatic ring is 1. The molecule has 9 heteroatoms. The highest BCUT2D eigenvalue weighted by molar-refractivity contribution is 7.99. The number of nitrogens with two attached hydrogens (primary N) is 1. The summed E-state index contributed by atoms with van der Waals surface area (Å²) in [6.07, 6.45) is 6.45. The van der Waals surface area contributed by atoms with Crippen molar-refractivity contribution >= 4 is 57.1 Å². The summed E-state index contributed by atoms with van der Waals surface area (Å²) < 4.78 is 7.76. The van der Waals surface area contributed by atoms with Gasteiger partial charge in [-0.25, -0.2) is 9.97 Å². The first-order valence-electron chi connectivity index (χ1n) is 10.7. The second-order valence-electron chi connectivity index (χ2n) is 8.19. The van der Waals surface area contributed by atoms with Gasteiger partial charge in [-0.2, -0.15) is 0 Å². The zero-order valence-electron chi connectivity index (χ0n) is 17.8. The van der Waals surface area contributed by atoms with Gasteiger partial charge in [-0.1, -0.05) is 11.6 Å². The van der Waals surface area contributed by atoms with Gasteiger partial charge in [0.2, 0.25) is 5.91 Å². The first kappa shape index (κ1) is 21.2. The number of fused-ring (bicyclic) bond motifs is 2. The van der Waals surface area contributed by atoms with E-state index >= 15 is 0 Å². The number of hydrogen-bond acceptors (Lipinski definition) is 6. The molecule has 0 bridgehead atoms. The second kappa shape index (κ2) is 8.67. The Morgan fingerprint density at radius 3 is 2.91 bits per heavy atom. The van der Waals surface area contributed by atoms with E-state index in [-0.39, 0.29) is 5.91 Å². The maximum absolute atomic E-state index is 11.6. The molecule has 1 saturated heterocycles. The molecule has 3 aromatic heterocycles. The Kier molecular flexibility index (Phi) is 5.73. The number of pyridine rings is 1. The fourth-order valence-electron chi connectivity index (χ4n) is 4.33. The lowest BCUT2D eigenvalue weighted by Gasteiger charge is -2.31. The van der Waals surface area contributed by atoms with E-state index in [1.54, 1.807) is 19.4 Å². The average molecular weight is 470 g/mol. The number of rotatable bonds is 5. The molecule has 1 aliphatic rings. The smallest absolute Gasteiger partial charge is 0.219 e. The maximum atomic E-state index is 11.6. The zero-order valence-corrected chi connectivity index (χ0v) is 19.3. The molecular formula is C23H24ClN5O2S. The molecular weight excluding hydrogens is 446 g/mol. The van der Waals surface area contributed by atoms with Crippen LogP contribution in [0.25, 0.3) is 22.0 Å². The number of nitrogens with zero attached hydrogens (tertiary/aromatic N) is 4. The monoisotopic (exact) mass is 469 g/mol. The molecule has 1 aromatic carbocycles. The third kappa shape index (κ3) is 4.04.